The van der Waals surface area contributed by atoms with Gasteiger partial charge in [-0.05, 0) is 86.0 Å². The molecular formula is C26H25FN2O2S. The van der Waals surface area contributed by atoms with Crippen molar-refractivity contribution in [3.8, 4) is 11.5 Å². The molecule has 2 aliphatic rings. The Labute approximate surface area is 190 Å². The third-order valence-electron chi connectivity index (χ3n) is 6.55. The summed E-state index contributed by atoms with van der Waals surface area (Å²) in [6, 6.07) is 13.2. The van der Waals surface area contributed by atoms with Gasteiger partial charge in [0, 0.05) is 27.2 Å². The summed E-state index contributed by atoms with van der Waals surface area (Å²) in [5.41, 5.74) is 3.35. The van der Waals surface area contributed by atoms with E-state index in [2.05, 4.69) is 16.4 Å². The van der Waals surface area contributed by atoms with Crippen LogP contribution in [0.15, 0.2) is 42.5 Å². The zero-order valence-corrected chi connectivity index (χ0v) is 18.8. The van der Waals surface area contributed by atoms with Crippen molar-refractivity contribution in [3.63, 3.8) is 0 Å². The maximum atomic E-state index is 13.6. The Kier molecular flexibility index (Phi) is 5.00. The van der Waals surface area contributed by atoms with Gasteiger partial charge in [0.05, 0.1) is 5.52 Å². The number of fused-ring (bicyclic) bond motifs is 6. The minimum Gasteiger partial charge on any atom is -0.486 e. The predicted molar refractivity (Wildman–Crippen MR) is 127 cm³/mol. The van der Waals surface area contributed by atoms with E-state index in [1.54, 1.807) is 23.5 Å². The van der Waals surface area contributed by atoms with E-state index < -0.39 is 0 Å². The third kappa shape index (κ3) is 3.61. The lowest BCUT2D eigenvalue weighted by Gasteiger charge is -2.29. The highest BCUT2D eigenvalue weighted by Gasteiger charge is 2.25. The van der Waals surface area contributed by atoms with Crippen molar-refractivity contribution in [2.45, 2.75) is 32.3 Å². The number of thiophene rings is 1. The molecule has 164 valence electrons. The molecular weight excluding hydrogens is 423 g/mol. The van der Waals surface area contributed by atoms with Gasteiger partial charge in [0.15, 0.2) is 11.5 Å². The highest BCUT2D eigenvalue weighted by atomic mass is 32.1. The second-order valence-electron chi connectivity index (χ2n) is 8.87. The molecule has 2 aromatic carbocycles. The van der Waals surface area contributed by atoms with E-state index in [1.807, 2.05) is 31.2 Å². The highest BCUT2D eigenvalue weighted by molar-refractivity contribution is 7.19. The van der Waals surface area contributed by atoms with Gasteiger partial charge in [-0.15, -0.1) is 11.3 Å². The lowest BCUT2D eigenvalue weighted by Crippen LogP contribution is -2.40. The van der Waals surface area contributed by atoms with Gasteiger partial charge in [-0.2, -0.15) is 0 Å². The molecule has 6 heteroatoms. The van der Waals surface area contributed by atoms with Gasteiger partial charge in [-0.3, -0.25) is 4.98 Å². The number of ether oxygens (including phenoxy) is 2. The standard InChI is InChI=1S/C26H25FN2O2S/c1-15-2-5-21-22(29-15)8-9-23-26(21)31-18(14-30-23)13-28-12-16-3-6-19-20-7-4-17(27)11-25(20)32-24(19)10-16/h2,4-5,7-9,11,16,18,28H,3,6,10,12-14H2,1H3/t16?,18-/m0/s1. The molecule has 4 aromatic rings. The van der Waals surface area contributed by atoms with Crippen LogP contribution in [0.25, 0.3) is 21.0 Å². The van der Waals surface area contributed by atoms with E-state index in [4.69, 9.17) is 9.47 Å². The summed E-state index contributed by atoms with van der Waals surface area (Å²) >= 11 is 1.76. The number of benzene rings is 2. The SMILES string of the molecule is Cc1ccc2c3c(ccc2n1)OC[C@H](CNCC1CCc2c(sc4cc(F)ccc24)C1)O3. The van der Waals surface area contributed by atoms with Crippen LogP contribution in [0, 0.1) is 18.7 Å². The molecule has 3 heterocycles. The molecule has 32 heavy (non-hydrogen) atoms. The van der Waals surface area contributed by atoms with Crippen LogP contribution in [0.3, 0.4) is 0 Å². The van der Waals surface area contributed by atoms with Gasteiger partial charge >= 0.3 is 0 Å². The second kappa shape index (κ2) is 8.01. The Morgan fingerprint density at radius 3 is 2.97 bits per heavy atom. The number of nitrogens with one attached hydrogen (secondary N) is 1. The van der Waals surface area contributed by atoms with Gasteiger partial charge in [0.2, 0.25) is 0 Å². The largest absolute Gasteiger partial charge is 0.486 e. The average molecular weight is 449 g/mol. The van der Waals surface area contributed by atoms with Gasteiger partial charge in [-0.25, -0.2) is 4.39 Å². The molecule has 0 fully saturated rings. The number of rotatable bonds is 4. The summed E-state index contributed by atoms with van der Waals surface area (Å²) < 4.78 is 27.0. The summed E-state index contributed by atoms with van der Waals surface area (Å²) in [5, 5.41) is 5.85. The van der Waals surface area contributed by atoms with Gasteiger partial charge in [0.1, 0.15) is 18.5 Å². The zero-order chi connectivity index (χ0) is 21.7. The summed E-state index contributed by atoms with van der Waals surface area (Å²) in [7, 11) is 0. The van der Waals surface area contributed by atoms with Crippen molar-refractivity contribution in [2.75, 3.05) is 19.7 Å². The highest BCUT2D eigenvalue weighted by Crippen LogP contribution is 2.39. The first-order valence-corrected chi connectivity index (χ1v) is 12.1. The Hall–Kier alpha value is -2.70. The van der Waals surface area contributed by atoms with E-state index in [0.29, 0.717) is 12.5 Å². The van der Waals surface area contributed by atoms with Crippen LogP contribution >= 0.6 is 11.3 Å². The zero-order valence-electron chi connectivity index (χ0n) is 18.0. The Morgan fingerprint density at radius 1 is 1.12 bits per heavy atom. The molecule has 0 amide bonds. The molecule has 2 aromatic heterocycles. The first-order valence-electron chi connectivity index (χ1n) is 11.2. The number of aryl methyl sites for hydroxylation is 2. The number of aromatic nitrogens is 1. The van der Waals surface area contributed by atoms with E-state index in [0.717, 1.165) is 65.1 Å². The maximum absolute atomic E-state index is 13.6. The molecule has 6 rings (SSSR count). The van der Waals surface area contributed by atoms with Crippen molar-refractivity contribution >= 4 is 32.3 Å². The molecule has 0 radical (unpaired) electrons. The first-order chi connectivity index (χ1) is 15.6. The molecule has 2 atom stereocenters. The Balaban J connectivity index is 1.09. The first kappa shape index (κ1) is 19.9. The molecule has 0 saturated carbocycles. The van der Waals surface area contributed by atoms with E-state index >= 15 is 0 Å². The van der Waals surface area contributed by atoms with Gasteiger partial charge in [0.25, 0.3) is 0 Å². The van der Waals surface area contributed by atoms with Crippen LogP contribution in [-0.2, 0) is 12.8 Å². The topological polar surface area (TPSA) is 43.4 Å². The summed E-state index contributed by atoms with van der Waals surface area (Å²) in [6.07, 6.45) is 3.26. The normalized spacial score (nSPS) is 19.9. The van der Waals surface area contributed by atoms with E-state index in [-0.39, 0.29) is 11.9 Å². The third-order valence-corrected chi connectivity index (χ3v) is 7.77. The quantitative estimate of drug-likeness (QED) is 0.452. The fourth-order valence-electron chi connectivity index (χ4n) is 4.93. The van der Waals surface area contributed by atoms with E-state index in [1.165, 1.54) is 15.8 Å². The predicted octanol–water partition coefficient (Wildman–Crippen LogP) is 5.43. The Bertz CT molecular complexity index is 1320. The number of hydrogen-bond donors (Lipinski definition) is 1. The Morgan fingerprint density at radius 2 is 2.03 bits per heavy atom. The van der Waals surface area contributed by atoms with Crippen molar-refractivity contribution in [1.82, 2.24) is 10.3 Å². The molecule has 1 aliphatic heterocycles. The van der Waals surface area contributed by atoms with Gasteiger partial charge < -0.3 is 14.8 Å². The molecule has 0 saturated heterocycles. The lowest BCUT2D eigenvalue weighted by atomic mass is 9.87. The van der Waals surface area contributed by atoms with Crippen LogP contribution in [0.5, 0.6) is 11.5 Å². The molecule has 1 N–H and O–H groups in total. The van der Waals surface area contributed by atoms with Crippen LogP contribution in [-0.4, -0.2) is 30.8 Å². The second-order valence-corrected chi connectivity index (χ2v) is 10.0. The summed E-state index contributed by atoms with van der Waals surface area (Å²) in [6.45, 7) is 4.23. The molecule has 0 bridgehead atoms. The minimum absolute atomic E-state index is 0.0270. The fraction of sp³-hybridized carbons (Fsp3) is 0.346. The molecule has 4 nitrogen and oxygen atoms in total. The molecule has 1 unspecified atom stereocenters. The monoisotopic (exact) mass is 448 g/mol. The number of pyridine rings is 1. The fourth-order valence-corrected chi connectivity index (χ4v) is 6.32. The molecule has 0 spiro atoms. The average Bonchev–Trinajstić information content (AvgIpc) is 3.15. The van der Waals surface area contributed by atoms with Crippen LogP contribution in [0.4, 0.5) is 4.39 Å². The number of hydrogen-bond acceptors (Lipinski definition) is 5. The lowest BCUT2D eigenvalue weighted by molar-refractivity contribution is 0.0915. The minimum atomic E-state index is -0.149. The smallest absolute Gasteiger partial charge is 0.171 e. The number of halogens is 1. The summed E-state index contributed by atoms with van der Waals surface area (Å²) in [4.78, 5) is 6.02. The summed E-state index contributed by atoms with van der Waals surface area (Å²) in [5.74, 6) is 2.03. The van der Waals surface area contributed by atoms with Crippen molar-refractivity contribution in [2.24, 2.45) is 5.92 Å². The van der Waals surface area contributed by atoms with Crippen molar-refractivity contribution < 1.29 is 13.9 Å². The maximum Gasteiger partial charge on any atom is 0.171 e. The number of nitrogens with zero attached hydrogens (tertiary/aromatic N) is 1. The van der Waals surface area contributed by atoms with Crippen molar-refractivity contribution in [1.29, 1.82) is 0 Å². The van der Waals surface area contributed by atoms with Crippen LogP contribution in [0.2, 0.25) is 0 Å². The van der Waals surface area contributed by atoms with E-state index in [9.17, 15) is 4.39 Å². The molecule has 1 aliphatic carbocycles. The van der Waals surface area contributed by atoms with Crippen molar-refractivity contribution in [3.05, 3.63) is 64.4 Å². The van der Waals surface area contributed by atoms with Crippen LogP contribution in [0.1, 0.15) is 22.6 Å². The van der Waals surface area contributed by atoms with Gasteiger partial charge in [-0.1, -0.05) is 6.07 Å². The van der Waals surface area contributed by atoms with Crippen LogP contribution < -0.4 is 14.8 Å².